The molecule has 0 saturated carbocycles. The Balaban J connectivity index is 1.34. The van der Waals surface area contributed by atoms with Crippen molar-refractivity contribution in [3.63, 3.8) is 0 Å². The third-order valence-corrected chi connectivity index (χ3v) is 7.64. The number of benzene rings is 1. The van der Waals surface area contributed by atoms with E-state index in [0.29, 0.717) is 73.3 Å². The molecule has 2 aliphatic heterocycles. The summed E-state index contributed by atoms with van der Waals surface area (Å²) in [6, 6.07) is 8.79. The quantitative estimate of drug-likeness (QED) is 0.309. The molecule has 1 aromatic heterocycles. The van der Waals surface area contributed by atoms with Crippen LogP contribution in [-0.2, 0) is 9.59 Å². The molecule has 2 aromatic rings. The van der Waals surface area contributed by atoms with Crippen LogP contribution in [0.5, 0.6) is 5.75 Å². The van der Waals surface area contributed by atoms with Crippen molar-refractivity contribution in [1.29, 1.82) is 0 Å². The van der Waals surface area contributed by atoms with Crippen LogP contribution in [0.25, 0.3) is 0 Å². The fourth-order valence-electron chi connectivity index (χ4n) is 4.47. The van der Waals surface area contributed by atoms with E-state index in [1.807, 2.05) is 11.8 Å². The van der Waals surface area contributed by atoms with Crippen LogP contribution in [0.4, 0.5) is 5.82 Å². The van der Waals surface area contributed by atoms with Gasteiger partial charge in [-0.05, 0) is 31.2 Å². The van der Waals surface area contributed by atoms with Gasteiger partial charge in [0.05, 0.1) is 12.9 Å². The predicted octanol–water partition coefficient (Wildman–Crippen LogP) is 2.27. The molecule has 0 spiro atoms. The first-order valence-corrected chi connectivity index (χ1v) is 13.5. The first kappa shape index (κ1) is 27.0. The number of hydrogen-bond acceptors (Lipinski definition) is 8. The van der Waals surface area contributed by atoms with E-state index < -0.39 is 0 Å². The summed E-state index contributed by atoms with van der Waals surface area (Å²) in [4.78, 5) is 53.6. The zero-order valence-corrected chi connectivity index (χ0v) is 22.8. The molecule has 2 saturated heterocycles. The summed E-state index contributed by atoms with van der Waals surface area (Å²) in [7, 11) is 1.60. The lowest BCUT2D eigenvalue weighted by molar-refractivity contribution is -0.136. The van der Waals surface area contributed by atoms with Crippen molar-refractivity contribution < 1.29 is 19.1 Å². The van der Waals surface area contributed by atoms with Crippen LogP contribution in [0.1, 0.15) is 24.2 Å². The van der Waals surface area contributed by atoms with E-state index in [0.717, 1.165) is 0 Å². The van der Waals surface area contributed by atoms with E-state index in [-0.39, 0.29) is 29.5 Å². The summed E-state index contributed by atoms with van der Waals surface area (Å²) in [5.41, 5.74) is 0.622. The Labute approximate surface area is 225 Å². The number of halogens is 1. The lowest BCUT2D eigenvalue weighted by Gasteiger charge is -2.40. The van der Waals surface area contributed by atoms with Crippen molar-refractivity contribution in [2.45, 2.75) is 25.0 Å². The van der Waals surface area contributed by atoms with Crippen LogP contribution in [0.2, 0.25) is 5.15 Å². The number of piperazine rings is 2. The minimum absolute atomic E-state index is 0.0161. The van der Waals surface area contributed by atoms with Gasteiger partial charge in [0.25, 0.3) is 5.91 Å². The smallest absolute Gasteiger partial charge is 0.254 e. The summed E-state index contributed by atoms with van der Waals surface area (Å²) in [6.45, 7) is 7.44. The van der Waals surface area contributed by atoms with Crippen LogP contribution in [-0.4, -0.2) is 107 Å². The number of anilines is 1. The van der Waals surface area contributed by atoms with Gasteiger partial charge >= 0.3 is 0 Å². The lowest BCUT2D eigenvalue weighted by Crippen LogP contribution is -2.54. The molecule has 12 heteroatoms. The van der Waals surface area contributed by atoms with Crippen molar-refractivity contribution in [1.82, 2.24) is 24.7 Å². The molecule has 2 fully saturated rings. The maximum absolute atomic E-state index is 13.1. The molecule has 1 unspecified atom stereocenters. The molecular formula is C25H31ClN6O4S. The summed E-state index contributed by atoms with van der Waals surface area (Å²) in [5, 5.41) is 0.738. The topological polar surface area (TPSA) is 99.2 Å². The van der Waals surface area contributed by atoms with Gasteiger partial charge < -0.3 is 24.3 Å². The highest BCUT2D eigenvalue weighted by Gasteiger charge is 2.29. The molecule has 3 amide bonds. The molecule has 198 valence electrons. The normalized spacial score (nSPS) is 18.1. The number of methoxy groups -OCH3 is 1. The van der Waals surface area contributed by atoms with E-state index in [4.69, 9.17) is 16.3 Å². The summed E-state index contributed by atoms with van der Waals surface area (Å²) in [5.74, 6) is 1.57. The van der Waals surface area contributed by atoms with Gasteiger partial charge in [0.15, 0.2) is 5.16 Å². The van der Waals surface area contributed by atoms with Gasteiger partial charge in [-0.3, -0.25) is 14.4 Å². The third kappa shape index (κ3) is 6.64. The average Bonchev–Trinajstić information content (AvgIpc) is 2.91. The van der Waals surface area contributed by atoms with Crippen LogP contribution >= 0.6 is 23.4 Å². The molecule has 1 atom stereocenters. The lowest BCUT2D eigenvalue weighted by atomic mass is 10.1. The van der Waals surface area contributed by atoms with E-state index in [9.17, 15) is 14.4 Å². The Morgan fingerprint density at radius 3 is 2.32 bits per heavy atom. The number of nitrogens with zero attached hydrogens (tertiary/aromatic N) is 6. The second-order valence-corrected chi connectivity index (χ2v) is 10.4. The van der Waals surface area contributed by atoms with Gasteiger partial charge in [0, 0.05) is 70.4 Å². The van der Waals surface area contributed by atoms with Gasteiger partial charge in [-0.1, -0.05) is 23.4 Å². The molecule has 10 nitrogen and oxygen atoms in total. The number of hydrogen-bond donors (Lipinski definition) is 0. The predicted molar refractivity (Wildman–Crippen MR) is 142 cm³/mol. The van der Waals surface area contributed by atoms with Gasteiger partial charge in [-0.2, -0.15) is 0 Å². The minimum atomic E-state index is -0.0385. The summed E-state index contributed by atoms with van der Waals surface area (Å²) < 4.78 is 5.18. The largest absolute Gasteiger partial charge is 0.497 e. The van der Waals surface area contributed by atoms with Crippen LogP contribution in [0.15, 0.2) is 35.5 Å². The van der Waals surface area contributed by atoms with Gasteiger partial charge in [-0.15, -0.1) is 0 Å². The minimum Gasteiger partial charge on any atom is -0.497 e. The van der Waals surface area contributed by atoms with Crippen molar-refractivity contribution in [3.8, 4) is 5.75 Å². The Morgan fingerprint density at radius 2 is 1.70 bits per heavy atom. The van der Waals surface area contributed by atoms with Crippen LogP contribution in [0, 0.1) is 0 Å². The van der Waals surface area contributed by atoms with E-state index >= 15 is 0 Å². The fourth-order valence-corrected chi connectivity index (χ4v) is 5.45. The molecule has 0 radical (unpaired) electrons. The van der Waals surface area contributed by atoms with E-state index in [1.165, 1.54) is 11.8 Å². The number of aromatic nitrogens is 2. The maximum atomic E-state index is 13.1. The Kier molecular flexibility index (Phi) is 8.75. The molecule has 0 aliphatic carbocycles. The number of ether oxygens (including phenoxy) is 1. The van der Waals surface area contributed by atoms with Crippen molar-refractivity contribution in [2.24, 2.45) is 0 Å². The average molecular weight is 547 g/mol. The number of rotatable bonds is 6. The zero-order valence-electron chi connectivity index (χ0n) is 21.2. The van der Waals surface area contributed by atoms with Gasteiger partial charge in [0.1, 0.15) is 16.7 Å². The summed E-state index contributed by atoms with van der Waals surface area (Å²) in [6.07, 6.45) is 0. The molecular weight excluding hydrogens is 516 g/mol. The molecule has 4 rings (SSSR count). The van der Waals surface area contributed by atoms with E-state index in [1.54, 1.807) is 54.2 Å². The SMILES string of the molecule is COc1ccc(C(=O)N2CCN(c3cc(Cl)nc(SCC(=O)N4CCN(C(C)=O)CC4)n3)CC2C)cc1. The first-order valence-electron chi connectivity index (χ1n) is 12.2. The first-order chi connectivity index (χ1) is 17.7. The second kappa shape index (κ2) is 12.0. The highest BCUT2D eigenvalue weighted by molar-refractivity contribution is 7.99. The van der Waals surface area contributed by atoms with Crippen LogP contribution < -0.4 is 9.64 Å². The Morgan fingerprint density at radius 1 is 1.03 bits per heavy atom. The Bertz CT molecular complexity index is 1140. The number of amides is 3. The third-order valence-electron chi connectivity index (χ3n) is 6.61. The van der Waals surface area contributed by atoms with Crippen molar-refractivity contribution >= 4 is 46.9 Å². The molecule has 0 N–H and O–H groups in total. The van der Waals surface area contributed by atoms with Gasteiger partial charge in [0.2, 0.25) is 11.8 Å². The van der Waals surface area contributed by atoms with Crippen molar-refractivity contribution in [3.05, 3.63) is 41.0 Å². The van der Waals surface area contributed by atoms with Crippen LogP contribution in [0.3, 0.4) is 0 Å². The fraction of sp³-hybridized carbons (Fsp3) is 0.480. The highest BCUT2D eigenvalue weighted by Crippen LogP contribution is 2.25. The number of carbonyl (C=O) groups is 3. The zero-order chi connectivity index (χ0) is 26.5. The molecule has 2 aliphatic rings. The van der Waals surface area contributed by atoms with Gasteiger partial charge in [-0.25, -0.2) is 9.97 Å². The second-order valence-electron chi connectivity index (χ2n) is 9.03. The Hall–Kier alpha value is -3.05. The maximum Gasteiger partial charge on any atom is 0.254 e. The van der Waals surface area contributed by atoms with Crippen molar-refractivity contribution in [2.75, 3.05) is 63.6 Å². The number of thioether (sulfide) groups is 1. The molecule has 1 aromatic carbocycles. The molecule has 3 heterocycles. The molecule has 0 bridgehead atoms. The standard InChI is InChI=1S/C25H31ClN6O4S/c1-17-15-31(12-13-32(17)24(35)19-4-6-20(36-3)7-5-19)22-14-21(26)27-25(28-22)37-16-23(34)30-10-8-29(9-11-30)18(2)33/h4-7,14,17H,8-13,15-16H2,1-3H3. The van der Waals surface area contributed by atoms with E-state index in [2.05, 4.69) is 14.9 Å². The highest BCUT2D eigenvalue weighted by atomic mass is 35.5. The number of carbonyl (C=O) groups excluding carboxylic acids is 3. The summed E-state index contributed by atoms with van der Waals surface area (Å²) >= 11 is 7.55. The monoisotopic (exact) mass is 546 g/mol. The molecule has 37 heavy (non-hydrogen) atoms.